The zero-order valence-corrected chi connectivity index (χ0v) is 32.5. The van der Waals surface area contributed by atoms with Crippen LogP contribution in [0.2, 0.25) is 0 Å². The van der Waals surface area contributed by atoms with Gasteiger partial charge in [-0.3, -0.25) is 0 Å². The van der Waals surface area contributed by atoms with Gasteiger partial charge in [-0.15, -0.1) is 22.7 Å². The van der Waals surface area contributed by atoms with Gasteiger partial charge in [0.05, 0.1) is 5.54 Å². The summed E-state index contributed by atoms with van der Waals surface area (Å²) in [4.78, 5) is 5.41. The molecule has 0 saturated heterocycles. The molecule has 0 amide bonds. The molecule has 4 aliphatic rings. The summed E-state index contributed by atoms with van der Waals surface area (Å²) in [5.74, 6) is 0. The highest BCUT2D eigenvalue weighted by Crippen LogP contribution is 2.61. The molecule has 5 heterocycles. The SMILES string of the molecule is CC12CCCCC1(C)N(c1cc3c4c(c1)N(c1ccc5sc6ccccc6c5c1)c1cc5c(cc1B4c1ccccc1-3)sc1ccccc15)c1ccccc12. The van der Waals surface area contributed by atoms with Crippen LogP contribution >= 0.6 is 22.7 Å². The average molecular weight is 741 g/mol. The van der Waals surface area contributed by atoms with Gasteiger partial charge in [0, 0.05) is 74.2 Å². The first-order chi connectivity index (χ1) is 27.0. The number of fused-ring (bicyclic) bond motifs is 14. The van der Waals surface area contributed by atoms with Gasteiger partial charge in [0.1, 0.15) is 0 Å². The Morgan fingerprint density at radius 2 is 1.20 bits per heavy atom. The normalized spacial score (nSPS) is 20.7. The first kappa shape index (κ1) is 30.9. The minimum atomic E-state index is -0.0267. The number of nitrogens with zero attached hydrogens (tertiary/aromatic N) is 2. The Hall–Kier alpha value is -5.36. The smallest absolute Gasteiger partial charge is 0.248 e. The number of hydrogen-bond donors (Lipinski definition) is 0. The van der Waals surface area contributed by atoms with Crippen LogP contribution < -0.4 is 26.2 Å². The Kier molecular flexibility index (Phi) is 6.01. The molecule has 1 fully saturated rings. The molecule has 262 valence electrons. The van der Waals surface area contributed by atoms with Crippen LogP contribution in [0.5, 0.6) is 0 Å². The summed E-state index contributed by atoms with van der Waals surface area (Å²) < 4.78 is 5.39. The van der Waals surface area contributed by atoms with Crippen molar-refractivity contribution in [3.8, 4) is 11.1 Å². The maximum absolute atomic E-state index is 2.77. The first-order valence-corrected chi connectivity index (χ1v) is 21.5. The monoisotopic (exact) mass is 740 g/mol. The second kappa shape index (κ2) is 10.7. The van der Waals surface area contributed by atoms with E-state index >= 15 is 0 Å². The van der Waals surface area contributed by atoms with Crippen LogP contribution in [0.4, 0.5) is 28.4 Å². The molecule has 13 rings (SSSR count). The van der Waals surface area contributed by atoms with Crippen LogP contribution in [0.15, 0.2) is 140 Å². The Bertz CT molecular complexity index is 3140. The van der Waals surface area contributed by atoms with E-state index < -0.39 is 0 Å². The van der Waals surface area contributed by atoms with Gasteiger partial charge in [-0.1, -0.05) is 104 Å². The Labute approximate surface area is 329 Å². The van der Waals surface area contributed by atoms with Crippen LogP contribution in [0.25, 0.3) is 51.5 Å². The summed E-state index contributed by atoms with van der Waals surface area (Å²) in [6, 6.07) is 53.9. The molecule has 0 spiro atoms. The lowest BCUT2D eigenvalue weighted by atomic mass is 9.37. The molecule has 0 radical (unpaired) electrons. The Morgan fingerprint density at radius 3 is 2.05 bits per heavy atom. The molecule has 3 aliphatic heterocycles. The Morgan fingerprint density at radius 1 is 0.509 bits per heavy atom. The lowest BCUT2D eigenvalue weighted by molar-refractivity contribution is 0.195. The molecule has 1 aliphatic carbocycles. The number of para-hydroxylation sites is 1. The number of thiophene rings is 2. The van der Waals surface area contributed by atoms with E-state index in [0.29, 0.717) is 0 Å². The van der Waals surface area contributed by atoms with E-state index in [1.165, 1.54) is 128 Å². The van der Waals surface area contributed by atoms with Gasteiger partial charge in [-0.2, -0.15) is 0 Å². The molecule has 1 saturated carbocycles. The first-order valence-electron chi connectivity index (χ1n) is 19.8. The second-order valence-electron chi connectivity index (χ2n) is 16.7. The highest BCUT2D eigenvalue weighted by Gasteiger charge is 2.58. The van der Waals surface area contributed by atoms with Gasteiger partial charge in [-0.05, 0) is 108 Å². The summed E-state index contributed by atoms with van der Waals surface area (Å²) in [6.45, 7) is 5.28. The molecule has 2 nitrogen and oxygen atoms in total. The molecule has 7 aromatic carbocycles. The van der Waals surface area contributed by atoms with Crippen LogP contribution in [-0.2, 0) is 5.41 Å². The Balaban J connectivity index is 1.14. The van der Waals surface area contributed by atoms with E-state index in [0.717, 1.165) is 0 Å². The van der Waals surface area contributed by atoms with Gasteiger partial charge in [0.15, 0.2) is 0 Å². The third-order valence-electron chi connectivity index (χ3n) is 14.2. The van der Waals surface area contributed by atoms with Gasteiger partial charge < -0.3 is 9.80 Å². The van der Waals surface area contributed by atoms with Crippen molar-refractivity contribution in [1.82, 2.24) is 0 Å². The fourth-order valence-electron chi connectivity index (χ4n) is 11.5. The molecule has 9 aromatic rings. The molecule has 2 atom stereocenters. The lowest BCUT2D eigenvalue weighted by Gasteiger charge is -2.50. The molecular weight excluding hydrogens is 704 g/mol. The summed E-state index contributed by atoms with van der Waals surface area (Å²) in [5, 5.41) is 5.36. The van der Waals surface area contributed by atoms with Crippen LogP contribution in [-0.4, -0.2) is 12.3 Å². The maximum atomic E-state index is 2.77. The fourth-order valence-corrected chi connectivity index (χ4v) is 13.7. The van der Waals surface area contributed by atoms with Crippen LogP contribution in [0.1, 0.15) is 45.1 Å². The van der Waals surface area contributed by atoms with Gasteiger partial charge in [0.2, 0.25) is 6.71 Å². The van der Waals surface area contributed by atoms with E-state index in [1.54, 1.807) is 0 Å². The predicted octanol–water partition coefficient (Wildman–Crippen LogP) is 12.4. The molecule has 55 heavy (non-hydrogen) atoms. The quantitative estimate of drug-likeness (QED) is 0.163. The third-order valence-corrected chi connectivity index (χ3v) is 16.5. The van der Waals surface area contributed by atoms with Crippen molar-refractivity contribution in [3.63, 3.8) is 0 Å². The van der Waals surface area contributed by atoms with Gasteiger partial charge >= 0.3 is 0 Å². The topological polar surface area (TPSA) is 6.48 Å². The van der Waals surface area contributed by atoms with Crippen molar-refractivity contribution >= 4 is 115 Å². The van der Waals surface area contributed by atoms with Crippen molar-refractivity contribution in [2.24, 2.45) is 0 Å². The summed E-state index contributed by atoms with van der Waals surface area (Å²) in [5.41, 5.74) is 15.1. The van der Waals surface area contributed by atoms with Crippen molar-refractivity contribution in [2.75, 3.05) is 9.80 Å². The van der Waals surface area contributed by atoms with Crippen LogP contribution in [0.3, 0.4) is 0 Å². The molecular formula is C50H37BN2S2. The van der Waals surface area contributed by atoms with Crippen molar-refractivity contribution < 1.29 is 0 Å². The summed E-state index contributed by atoms with van der Waals surface area (Å²) >= 11 is 3.82. The lowest BCUT2D eigenvalue weighted by Crippen LogP contribution is -2.55. The van der Waals surface area contributed by atoms with Crippen molar-refractivity contribution in [2.45, 2.75) is 50.5 Å². The number of hydrogen-bond acceptors (Lipinski definition) is 4. The van der Waals surface area contributed by atoms with Crippen LogP contribution in [0, 0.1) is 0 Å². The minimum Gasteiger partial charge on any atom is -0.334 e. The summed E-state index contributed by atoms with van der Waals surface area (Å²) in [6.07, 6.45) is 4.95. The second-order valence-corrected chi connectivity index (χ2v) is 18.9. The number of benzene rings is 7. The molecule has 0 N–H and O–H groups in total. The predicted molar refractivity (Wildman–Crippen MR) is 240 cm³/mol. The molecule has 2 unspecified atom stereocenters. The van der Waals surface area contributed by atoms with E-state index in [1.807, 2.05) is 22.7 Å². The summed E-state index contributed by atoms with van der Waals surface area (Å²) in [7, 11) is 0. The zero-order valence-electron chi connectivity index (χ0n) is 30.9. The molecule has 0 bridgehead atoms. The largest absolute Gasteiger partial charge is 0.334 e. The number of rotatable bonds is 2. The maximum Gasteiger partial charge on any atom is 0.248 e. The third kappa shape index (κ3) is 3.86. The average Bonchev–Trinajstić information content (AvgIpc) is 3.93. The van der Waals surface area contributed by atoms with E-state index in [4.69, 9.17) is 0 Å². The van der Waals surface area contributed by atoms with E-state index in [-0.39, 0.29) is 17.7 Å². The minimum absolute atomic E-state index is 0.0267. The highest BCUT2D eigenvalue weighted by atomic mass is 32.1. The standard InChI is InChI=1S/C50H37BN2S2/c1-49-23-11-12-24-50(49,2)53(41-18-8-6-16-38(41)49)31-26-37-32-13-3-7-17-39(32)51-40-29-47-36(34-15-5-10-20-45(34)55-47)28-42(40)52(43(27-31)48(37)51)30-21-22-46-35(25-30)33-14-4-9-19-44(33)54-46/h3-10,13-22,25-29H,11-12,23-24H2,1-2H3. The van der Waals surface area contributed by atoms with E-state index in [2.05, 4.69) is 163 Å². The van der Waals surface area contributed by atoms with Crippen molar-refractivity contribution in [1.29, 1.82) is 0 Å². The highest BCUT2D eigenvalue weighted by molar-refractivity contribution is 7.26. The van der Waals surface area contributed by atoms with Gasteiger partial charge in [0.25, 0.3) is 0 Å². The number of anilines is 5. The van der Waals surface area contributed by atoms with Crippen molar-refractivity contribution in [3.05, 3.63) is 145 Å². The zero-order chi connectivity index (χ0) is 36.2. The molecule has 5 heteroatoms. The van der Waals surface area contributed by atoms with E-state index in [9.17, 15) is 0 Å². The van der Waals surface area contributed by atoms with Gasteiger partial charge in [-0.25, -0.2) is 0 Å². The fraction of sp³-hybridized carbons (Fsp3) is 0.160. The molecule has 2 aromatic heterocycles.